The molecule has 0 atom stereocenters. The van der Waals surface area contributed by atoms with E-state index in [1.807, 2.05) is 6.92 Å². The average molecular weight is 292 g/mol. The molecule has 0 aliphatic rings. The van der Waals surface area contributed by atoms with Crippen molar-refractivity contribution in [2.45, 2.75) is 13.8 Å². The van der Waals surface area contributed by atoms with Gasteiger partial charge in [0.1, 0.15) is 17.5 Å². The summed E-state index contributed by atoms with van der Waals surface area (Å²) in [5.41, 5.74) is -0.0574. The third-order valence-electron chi connectivity index (χ3n) is 2.75. The topological polar surface area (TPSA) is 66.9 Å². The summed E-state index contributed by atoms with van der Waals surface area (Å²) in [6.07, 6.45) is 0. The first-order chi connectivity index (χ1) is 10.0. The third-order valence-corrected chi connectivity index (χ3v) is 2.75. The fraction of sp³-hybridized carbons (Fsp3) is 0.214. The van der Waals surface area contributed by atoms with E-state index < -0.39 is 17.5 Å². The van der Waals surface area contributed by atoms with E-state index in [0.29, 0.717) is 12.4 Å². The van der Waals surface area contributed by atoms with Crippen molar-refractivity contribution in [2.24, 2.45) is 0 Å². The zero-order chi connectivity index (χ0) is 15.4. The van der Waals surface area contributed by atoms with Crippen molar-refractivity contribution in [3.63, 3.8) is 0 Å². The number of hydrogen-bond donors (Lipinski definition) is 2. The molecular formula is C14H14F2N4O. The molecule has 1 aromatic heterocycles. The summed E-state index contributed by atoms with van der Waals surface area (Å²) in [6, 6.07) is 4.98. The standard InChI is InChI=1S/C14H14F2N4O/c1-3-17-13-5-4-11(19-20-13)14(21)18-12-7-9(15)8(2)6-10(12)16/h4-7H,3H2,1-2H3,(H,17,20)(H,18,21). The van der Waals surface area contributed by atoms with Gasteiger partial charge in [-0.3, -0.25) is 4.79 Å². The molecule has 0 bridgehead atoms. The van der Waals surface area contributed by atoms with Gasteiger partial charge in [-0.1, -0.05) is 0 Å². The van der Waals surface area contributed by atoms with Gasteiger partial charge in [-0.25, -0.2) is 8.78 Å². The molecule has 0 unspecified atom stereocenters. The number of hydrogen-bond acceptors (Lipinski definition) is 4. The molecule has 5 nitrogen and oxygen atoms in total. The number of nitrogens with zero attached hydrogens (tertiary/aromatic N) is 2. The largest absolute Gasteiger partial charge is 0.369 e. The van der Waals surface area contributed by atoms with Crippen LogP contribution in [0.1, 0.15) is 23.0 Å². The Balaban J connectivity index is 2.16. The lowest BCUT2D eigenvalue weighted by atomic mass is 10.2. The Morgan fingerprint density at radius 2 is 1.95 bits per heavy atom. The molecule has 21 heavy (non-hydrogen) atoms. The summed E-state index contributed by atoms with van der Waals surface area (Å²) < 4.78 is 27.0. The lowest BCUT2D eigenvalue weighted by Gasteiger charge is -2.07. The zero-order valence-electron chi connectivity index (χ0n) is 11.6. The van der Waals surface area contributed by atoms with Gasteiger partial charge in [0.25, 0.3) is 5.91 Å². The van der Waals surface area contributed by atoms with Gasteiger partial charge in [0.2, 0.25) is 0 Å². The summed E-state index contributed by atoms with van der Waals surface area (Å²) in [6.45, 7) is 4.01. The first kappa shape index (κ1) is 14.8. The number of nitrogens with one attached hydrogen (secondary N) is 2. The highest BCUT2D eigenvalue weighted by Gasteiger charge is 2.13. The van der Waals surface area contributed by atoms with Crippen molar-refractivity contribution in [3.8, 4) is 0 Å². The molecule has 0 radical (unpaired) electrons. The minimum absolute atomic E-state index is 0.0111. The molecule has 2 rings (SSSR count). The monoisotopic (exact) mass is 292 g/mol. The molecule has 2 N–H and O–H groups in total. The van der Waals surface area contributed by atoms with Crippen LogP contribution in [0.25, 0.3) is 0 Å². The number of amides is 1. The molecule has 0 aliphatic carbocycles. The number of carbonyl (C=O) groups is 1. The maximum atomic E-state index is 13.6. The second-order valence-electron chi connectivity index (χ2n) is 4.37. The molecule has 1 heterocycles. The third kappa shape index (κ3) is 3.50. The Kier molecular flexibility index (Phi) is 4.42. The van der Waals surface area contributed by atoms with Crippen LogP contribution in [0, 0.1) is 18.6 Å². The van der Waals surface area contributed by atoms with E-state index >= 15 is 0 Å². The number of aryl methyl sites for hydroxylation is 1. The Bertz CT molecular complexity index is 659. The number of carbonyl (C=O) groups excluding carboxylic acids is 1. The van der Waals surface area contributed by atoms with E-state index in [4.69, 9.17) is 0 Å². The molecular weight excluding hydrogens is 278 g/mol. The Morgan fingerprint density at radius 1 is 1.19 bits per heavy atom. The molecule has 0 aliphatic heterocycles. The number of aromatic nitrogens is 2. The van der Waals surface area contributed by atoms with E-state index in [1.165, 1.54) is 13.0 Å². The Hall–Kier alpha value is -2.57. The molecule has 1 aromatic carbocycles. The van der Waals surface area contributed by atoms with Gasteiger partial charge >= 0.3 is 0 Å². The second-order valence-corrected chi connectivity index (χ2v) is 4.37. The number of benzene rings is 1. The molecule has 0 fully saturated rings. The van der Waals surface area contributed by atoms with Crippen molar-refractivity contribution < 1.29 is 13.6 Å². The highest BCUT2D eigenvalue weighted by atomic mass is 19.1. The Labute approximate surface area is 120 Å². The van der Waals surface area contributed by atoms with Crippen LogP contribution in [0.5, 0.6) is 0 Å². The van der Waals surface area contributed by atoms with Crippen LogP contribution in [-0.4, -0.2) is 22.6 Å². The van der Waals surface area contributed by atoms with Crippen LogP contribution < -0.4 is 10.6 Å². The molecule has 0 saturated heterocycles. The van der Waals surface area contributed by atoms with E-state index in [1.54, 1.807) is 6.07 Å². The fourth-order valence-electron chi connectivity index (χ4n) is 1.66. The van der Waals surface area contributed by atoms with Crippen molar-refractivity contribution in [3.05, 3.63) is 47.2 Å². The van der Waals surface area contributed by atoms with Gasteiger partial charge in [-0.05, 0) is 37.6 Å². The number of halogens is 2. The summed E-state index contributed by atoms with van der Waals surface area (Å²) in [7, 11) is 0. The van der Waals surface area contributed by atoms with Crippen molar-refractivity contribution in [1.82, 2.24) is 10.2 Å². The van der Waals surface area contributed by atoms with Crippen molar-refractivity contribution in [2.75, 3.05) is 17.2 Å². The summed E-state index contributed by atoms with van der Waals surface area (Å²) in [4.78, 5) is 11.9. The van der Waals surface area contributed by atoms with E-state index in [-0.39, 0.29) is 16.9 Å². The smallest absolute Gasteiger partial charge is 0.276 e. The lowest BCUT2D eigenvalue weighted by molar-refractivity contribution is 0.102. The van der Waals surface area contributed by atoms with Crippen molar-refractivity contribution in [1.29, 1.82) is 0 Å². The molecule has 0 spiro atoms. The summed E-state index contributed by atoms with van der Waals surface area (Å²) in [5.74, 6) is -1.44. The first-order valence-electron chi connectivity index (χ1n) is 6.36. The highest BCUT2D eigenvalue weighted by Crippen LogP contribution is 2.19. The molecule has 7 heteroatoms. The molecule has 1 amide bonds. The maximum Gasteiger partial charge on any atom is 0.276 e. The first-order valence-corrected chi connectivity index (χ1v) is 6.36. The number of rotatable bonds is 4. The van der Waals surface area contributed by atoms with Crippen LogP contribution in [0.4, 0.5) is 20.3 Å². The summed E-state index contributed by atoms with van der Waals surface area (Å²) in [5, 5.41) is 12.7. The van der Waals surface area contributed by atoms with Crippen LogP contribution in [-0.2, 0) is 0 Å². The van der Waals surface area contributed by atoms with Gasteiger partial charge in [0.05, 0.1) is 5.69 Å². The molecule has 110 valence electrons. The van der Waals surface area contributed by atoms with Crippen LogP contribution in [0.3, 0.4) is 0 Å². The van der Waals surface area contributed by atoms with Gasteiger partial charge < -0.3 is 10.6 Å². The van der Waals surface area contributed by atoms with Gasteiger partial charge in [0.15, 0.2) is 5.69 Å². The summed E-state index contributed by atoms with van der Waals surface area (Å²) >= 11 is 0. The number of anilines is 2. The lowest BCUT2D eigenvalue weighted by Crippen LogP contribution is -2.16. The van der Waals surface area contributed by atoms with Crippen LogP contribution in [0.15, 0.2) is 24.3 Å². The predicted octanol–water partition coefficient (Wildman–Crippen LogP) is 2.75. The SMILES string of the molecule is CCNc1ccc(C(=O)Nc2cc(F)c(C)cc2F)nn1. The minimum Gasteiger partial charge on any atom is -0.369 e. The average Bonchev–Trinajstić information content (AvgIpc) is 2.46. The van der Waals surface area contributed by atoms with Gasteiger partial charge in [0, 0.05) is 12.6 Å². The Morgan fingerprint density at radius 3 is 2.57 bits per heavy atom. The maximum absolute atomic E-state index is 13.6. The highest BCUT2D eigenvalue weighted by molar-refractivity contribution is 6.02. The quantitative estimate of drug-likeness (QED) is 0.909. The minimum atomic E-state index is -0.709. The molecule has 0 saturated carbocycles. The zero-order valence-corrected chi connectivity index (χ0v) is 11.6. The van der Waals surface area contributed by atoms with Crippen molar-refractivity contribution >= 4 is 17.4 Å². The predicted molar refractivity (Wildman–Crippen MR) is 75.2 cm³/mol. The van der Waals surface area contributed by atoms with E-state index in [0.717, 1.165) is 12.1 Å². The normalized spacial score (nSPS) is 10.3. The van der Waals surface area contributed by atoms with Crippen LogP contribution >= 0.6 is 0 Å². The molecule has 2 aromatic rings. The van der Waals surface area contributed by atoms with Gasteiger partial charge in [-0.15, -0.1) is 10.2 Å². The van der Waals surface area contributed by atoms with Crippen LogP contribution in [0.2, 0.25) is 0 Å². The van der Waals surface area contributed by atoms with E-state index in [2.05, 4.69) is 20.8 Å². The van der Waals surface area contributed by atoms with E-state index in [9.17, 15) is 13.6 Å². The fourth-order valence-corrected chi connectivity index (χ4v) is 1.66. The van der Waals surface area contributed by atoms with Gasteiger partial charge in [-0.2, -0.15) is 0 Å². The second kappa shape index (κ2) is 6.25.